The fourth-order valence-electron chi connectivity index (χ4n) is 3.74. The Morgan fingerprint density at radius 1 is 0.968 bits per heavy atom. The van der Waals surface area contributed by atoms with Crippen LogP contribution in [0.3, 0.4) is 0 Å². The van der Waals surface area contributed by atoms with Gasteiger partial charge in [0.2, 0.25) is 0 Å². The predicted molar refractivity (Wildman–Crippen MR) is 113 cm³/mol. The van der Waals surface area contributed by atoms with Crippen LogP contribution in [0.15, 0.2) is 47.7 Å². The van der Waals surface area contributed by atoms with Crippen molar-refractivity contribution in [1.82, 2.24) is 4.90 Å². The first-order chi connectivity index (χ1) is 14.8. The molecule has 0 unspecified atom stereocenters. The number of phenolic OH excluding ortho intramolecular Hbond substituents is 1. The topological polar surface area (TPSA) is 106 Å². The number of ether oxygens (including phenoxy) is 3. The predicted octanol–water partition coefficient (Wildman–Crippen LogP) is 2.95. The zero-order valence-corrected chi connectivity index (χ0v) is 17.8. The molecule has 0 saturated carbocycles. The smallest absolute Gasteiger partial charge is 0.290 e. The highest BCUT2D eigenvalue weighted by Gasteiger charge is 2.42. The van der Waals surface area contributed by atoms with E-state index < -0.39 is 23.5 Å². The summed E-state index contributed by atoms with van der Waals surface area (Å²) in [4.78, 5) is 26.5. The number of nitrogens with zero attached hydrogens (tertiary/aromatic N) is 1. The van der Waals surface area contributed by atoms with Crippen LogP contribution in [0, 0.1) is 0 Å². The fraction of sp³-hybridized carbons (Fsp3) is 0.304. The fourth-order valence-corrected chi connectivity index (χ4v) is 3.74. The van der Waals surface area contributed by atoms with Gasteiger partial charge in [-0.2, -0.15) is 0 Å². The summed E-state index contributed by atoms with van der Waals surface area (Å²) in [5, 5.41) is 20.3. The third-order valence-electron chi connectivity index (χ3n) is 5.29. The molecule has 31 heavy (non-hydrogen) atoms. The van der Waals surface area contributed by atoms with E-state index in [1.807, 2.05) is 12.1 Å². The van der Waals surface area contributed by atoms with Gasteiger partial charge in [0.15, 0.2) is 34.5 Å². The highest BCUT2D eigenvalue weighted by atomic mass is 16.5. The molecule has 1 heterocycles. The Morgan fingerprint density at radius 2 is 1.65 bits per heavy atom. The Balaban J connectivity index is 1.94. The molecule has 0 saturated heterocycles. The largest absolute Gasteiger partial charge is 0.504 e. The second-order valence-electron chi connectivity index (χ2n) is 7.09. The van der Waals surface area contributed by atoms with Gasteiger partial charge in [-0.15, -0.1) is 0 Å². The number of aromatic hydroxyl groups is 1. The number of rotatable bonds is 8. The third-order valence-corrected chi connectivity index (χ3v) is 5.29. The van der Waals surface area contributed by atoms with E-state index in [0.29, 0.717) is 23.5 Å². The summed E-state index contributed by atoms with van der Waals surface area (Å²) in [7, 11) is 4.50. The van der Waals surface area contributed by atoms with Gasteiger partial charge in [-0.05, 0) is 48.7 Å². The molecular formula is C23H25NO7. The Hall–Kier alpha value is -3.68. The first kappa shape index (κ1) is 22.0. The molecule has 1 atom stereocenters. The maximum absolute atomic E-state index is 12.8. The van der Waals surface area contributed by atoms with Gasteiger partial charge < -0.3 is 29.3 Å². The summed E-state index contributed by atoms with van der Waals surface area (Å²) in [5.41, 5.74) is 1.46. The van der Waals surface area contributed by atoms with Crippen molar-refractivity contribution in [2.45, 2.75) is 19.4 Å². The molecule has 0 fully saturated rings. The van der Waals surface area contributed by atoms with E-state index in [2.05, 4.69) is 0 Å². The zero-order valence-electron chi connectivity index (χ0n) is 17.8. The van der Waals surface area contributed by atoms with Crippen molar-refractivity contribution in [3.05, 3.63) is 58.9 Å². The molecular weight excluding hydrogens is 402 g/mol. The van der Waals surface area contributed by atoms with Crippen LogP contribution < -0.4 is 14.2 Å². The van der Waals surface area contributed by atoms with Crippen LogP contribution in [0.4, 0.5) is 0 Å². The normalized spacial score (nSPS) is 15.9. The van der Waals surface area contributed by atoms with Gasteiger partial charge >= 0.3 is 0 Å². The maximum Gasteiger partial charge on any atom is 0.290 e. The quantitative estimate of drug-likeness (QED) is 0.667. The number of aliphatic hydroxyl groups excluding tert-OH is 1. The molecule has 0 radical (unpaired) electrons. The van der Waals surface area contributed by atoms with E-state index in [0.717, 1.165) is 5.56 Å². The molecule has 1 amide bonds. The number of hydrogen-bond donors (Lipinski definition) is 2. The number of Topliss-reactive ketones (excluding diaryl/α,β-unsaturated/α-hetero) is 1. The number of methoxy groups -OCH3 is 3. The van der Waals surface area contributed by atoms with E-state index in [1.54, 1.807) is 32.4 Å². The molecule has 2 aromatic rings. The third kappa shape index (κ3) is 4.14. The van der Waals surface area contributed by atoms with Crippen molar-refractivity contribution in [2.24, 2.45) is 0 Å². The molecule has 1 aliphatic rings. The highest BCUT2D eigenvalue weighted by molar-refractivity contribution is 6.08. The van der Waals surface area contributed by atoms with Crippen LogP contribution in [0.5, 0.6) is 23.0 Å². The number of hydrogen-bond acceptors (Lipinski definition) is 7. The second kappa shape index (κ2) is 8.99. The van der Waals surface area contributed by atoms with Gasteiger partial charge in [0, 0.05) is 6.54 Å². The van der Waals surface area contributed by atoms with Gasteiger partial charge in [0.05, 0.1) is 32.9 Å². The molecule has 0 aliphatic carbocycles. The van der Waals surface area contributed by atoms with Crippen LogP contribution >= 0.6 is 0 Å². The van der Waals surface area contributed by atoms with Crippen molar-refractivity contribution in [2.75, 3.05) is 27.9 Å². The molecule has 2 N–H and O–H groups in total. The SMILES string of the molecule is COc1cc([C@@H]2C(C(C)=O)=C(O)C(=O)N2CCc2ccc(OC)c(OC)c2)ccc1O. The summed E-state index contributed by atoms with van der Waals surface area (Å²) in [6.45, 7) is 1.55. The molecule has 0 bridgehead atoms. The average molecular weight is 427 g/mol. The number of amides is 1. The number of ketones is 1. The zero-order chi connectivity index (χ0) is 22.7. The second-order valence-corrected chi connectivity index (χ2v) is 7.09. The Morgan fingerprint density at radius 3 is 2.26 bits per heavy atom. The minimum absolute atomic E-state index is 0.0186. The number of phenols is 1. The average Bonchev–Trinajstić information content (AvgIpc) is 3.02. The monoisotopic (exact) mass is 427 g/mol. The number of aliphatic hydroxyl groups is 1. The van der Waals surface area contributed by atoms with Crippen LogP contribution in [-0.4, -0.2) is 54.7 Å². The molecule has 0 aromatic heterocycles. The minimum atomic E-state index is -0.792. The Labute approximate surface area is 180 Å². The van der Waals surface area contributed by atoms with Gasteiger partial charge in [-0.25, -0.2) is 0 Å². The van der Waals surface area contributed by atoms with Gasteiger partial charge in [0.25, 0.3) is 5.91 Å². The highest BCUT2D eigenvalue weighted by Crippen LogP contribution is 2.40. The Kier molecular flexibility index (Phi) is 6.39. The first-order valence-corrected chi connectivity index (χ1v) is 9.65. The van der Waals surface area contributed by atoms with Gasteiger partial charge in [0.1, 0.15) is 0 Å². The molecule has 3 rings (SSSR count). The van der Waals surface area contributed by atoms with Crippen LogP contribution in [0.2, 0.25) is 0 Å². The first-order valence-electron chi connectivity index (χ1n) is 9.65. The number of benzene rings is 2. The molecule has 0 spiro atoms. The number of carbonyl (C=O) groups is 2. The standard InChI is InChI=1S/C23H25NO7/c1-13(25)20-21(15-6-7-16(26)18(12-15)30-3)24(23(28)22(20)27)10-9-14-5-8-17(29-2)19(11-14)31-4/h5-8,11-12,21,26-27H,9-10H2,1-4H3/t21-/m1/s1. The van der Waals surface area contributed by atoms with Crippen molar-refractivity contribution in [1.29, 1.82) is 0 Å². The lowest BCUT2D eigenvalue weighted by Crippen LogP contribution is -2.33. The summed E-state index contributed by atoms with van der Waals surface area (Å²) >= 11 is 0. The van der Waals surface area contributed by atoms with Crippen molar-refractivity contribution >= 4 is 11.7 Å². The van der Waals surface area contributed by atoms with Crippen LogP contribution in [-0.2, 0) is 16.0 Å². The van der Waals surface area contributed by atoms with E-state index in [-0.39, 0.29) is 23.6 Å². The van der Waals surface area contributed by atoms with E-state index >= 15 is 0 Å². The molecule has 8 heteroatoms. The lowest BCUT2D eigenvalue weighted by molar-refractivity contribution is -0.129. The molecule has 164 valence electrons. The van der Waals surface area contributed by atoms with Crippen LogP contribution in [0.25, 0.3) is 0 Å². The maximum atomic E-state index is 12.8. The van der Waals surface area contributed by atoms with E-state index in [4.69, 9.17) is 14.2 Å². The Bertz CT molecular complexity index is 1040. The lowest BCUT2D eigenvalue weighted by Gasteiger charge is -2.27. The number of carbonyl (C=O) groups excluding carboxylic acids is 2. The van der Waals surface area contributed by atoms with E-state index in [1.165, 1.54) is 25.0 Å². The lowest BCUT2D eigenvalue weighted by atomic mass is 9.96. The van der Waals surface area contributed by atoms with Crippen molar-refractivity contribution in [3.63, 3.8) is 0 Å². The van der Waals surface area contributed by atoms with Gasteiger partial charge in [-0.3, -0.25) is 9.59 Å². The van der Waals surface area contributed by atoms with E-state index in [9.17, 15) is 19.8 Å². The minimum Gasteiger partial charge on any atom is -0.504 e. The van der Waals surface area contributed by atoms with Crippen molar-refractivity contribution < 1.29 is 34.0 Å². The molecule has 1 aliphatic heterocycles. The van der Waals surface area contributed by atoms with Crippen LogP contribution in [0.1, 0.15) is 24.1 Å². The summed E-state index contributed by atoms with van der Waals surface area (Å²) < 4.78 is 15.7. The summed E-state index contributed by atoms with van der Waals surface area (Å²) in [6.07, 6.45) is 0.455. The van der Waals surface area contributed by atoms with Crippen molar-refractivity contribution in [3.8, 4) is 23.0 Å². The molecule has 8 nitrogen and oxygen atoms in total. The van der Waals surface area contributed by atoms with Gasteiger partial charge in [-0.1, -0.05) is 12.1 Å². The summed E-state index contributed by atoms with van der Waals surface area (Å²) in [6, 6.07) is 9.24. The molecule has 2 aromatic carbocycles. The summed E-state index contributed by atoms with van der Waals surface area (Å²) in [5.74, 6) is -0.283.